The molecule has 0 aliphatic rings. The second-order valence-electron chi connectivity index (χ2n) is 4.39. The molecule has 0 saturated carbocycles. The monoisotopic (exact) mass is 240 g/mol. The quantitative estimate of drug-likeness (QED) is 0.600. The summed E-state index contributed by atoms with van der Waals surface area (Å²) in [7, 11) is 0. The van der Waals surface area contributed by atoms with Crippen LogP contribution in [0.1, 0.15) is 20.8 Å². The van der Waals surface area contributed by atoms with Crippen LogP contribution in [0.5, 0.6) is 0 Å². The van der Waals surface area contributed by atoms with E-state index < -0.39 is 22.7 Å². The summed E-state index contributed by atoms with van der Waals surface area (Å²) in [5.41, 5.74) is -0.530. The van der Waals surface area contributed by atoms with Gasteiger partial charge in [-0.1, -0.05) is 18.2 Å². The molecule has 3 nitrogen and oxygen atoms in total. The van der Waals surface area contributed by atoms with E-state index in [4.69, 9.17) is 4.74 Å². The van der Waals surface area contributed by atoms with Gasteiger partial charge in [0, 0.05) is 0 Å². The lowest BCUT2D eigenvalue weighted by Crippen LogP contribution is -2.28. The Labute approximate surface area is 99.0 Å². The second-order valence-corrected chi connectivity index (χ2v) is 5.84. The highest BCUT2D eigenvalue weighted by Crippen LogP contribution is 2.13. The summed E-state index contributed by atoms with van der Waals surface area (Å²) >= 11 is -1.32. The van der Waals surface area contributed by atoms with E-state index in [9.17, 15) is 9.35 Å². The topological polar surface area (TPSA) is 49.4 Å². The van der Waals surface area contributed by atoms with Crippen molar-refractivity contribution in [2.45, 2.75) is 31.3 Å². The van der Waals surface area contributed by atoms with E-state index in [1.807, 2.05) is 6.07 Å². The first-order valence-electron chi connectivity index (χ1n) is 5.04. The number of carbonyl (C=O) groups excluding carboxylic acids is 1. The lowest BCUT2D eigenvalue weighted by atomic mass is 10.2. The first-order valence-corrected chi connectivity index (χ1v) is 6.36. The van der Waals surface area contributed by atoms with E-state index in [2.05, 4.69) is 0 Å². The fourth-order valence-corrected chi connectivity index (χ4v) is 2.03. The van der Waals surface area contributed by atoms with Gasteiger partial charge in [0.2, 0.25) is 5.75 Å². The molecule has 1 aromatic carbocycles. The zero-order chi connectivity index (χ0) is 12.2. The van der Waals surface area contributed by atoms with Gasteiger partial charge in [0.15, 0.2) is 4.90 Å². The van der Waals surface area contributed by atoms with E-state index in [1.165, 1.54) is 0 Å². The summed E-state index contributed by atoms with van der Waals surface area (Å²) in [5.74, 6) is -0.531. The first-order chi connectivity index (χ1) is 7.38. The van der Waals surface area contributed by atoms with Crippen molar-refractivity contribution in [3.8, 4) is 0 Å². The standard InChI is InChI=1S/C12H16O3S/c1-12(2,3)15-11(13)9-16(14)10-7-5-4-6-8-10/h4-8H,9H2,1-3H3/t16-/m0/s1. The molecule has 0 aliphatic heterocycles. The molecule has 1 aromatic rings. The van der Waals surface area contributed by atoms with Gasteiger partial charge in [0.05, 0.1) is 0 Å². The SMILES string of the molecule is CC(C)(C)OC(=O)C[S@+]([O-])c1ccccc1. The van der Waals surface area contributed by atoms with Crippen molar-refractivity contribution in [2.75, 3.05) is 5.75 Å². The van der Waals surface area contributed by atoms with Gasteiger partial charge in [-0.05, 0) is 44.1 Å². The van der Waals surface area contributed by atoms with Gasteiger partial charge in [0.25, 0.3) is 0 Å². The van der Waals surface area contributed by atoms with Crippen molar-refractivity contribution in [3.63, 3.8) is 0 Å². The molecule has 0 amide bonds. The van der Waals surface area contributed by atoms with Crippen LogP contribution in [0.15, 0.2) is 35.2 Å². The Balaban J connectivity index is 2.52. The molecule has 0 aromatic heterocycles. The maximum absolute atomic E-state index is 11.8. The number of benzene rings is 1. The van der Waals surface area contributed by atoms with Crippen molar-refractivity contribution in [1.82, 2.24) is 0 Å². The Kier molecular flexibility index (Phi) is 4.38. The average Bonchev–Trinajstić information content (AvgIpc) is 2.16. The fourth-order valence-electron chi connectivity index (χ4n) is 1.13. The maximum Gasteiger partial charge on any atom is 0.357 e. The smallest absolute Gasteiger partial charge is 0.357 e. The highest BCUT2D eigenvalue weighted by Gasteiger charge is 2.22. The molecule has 0 radical (unpaired) electrons. The van der Waals surface area contributed by atoms with E-state index in [-0.39, 0.29) is 5.75 Å². The van der Waals surface area contributed by atoms with Gasteiger partial charge >= 0.3 is 5.97 Å². The molecule has 0 N–H and O–H groups in total. The number of hydrogen-bond acceptors (Lipinski definition) is 3. The highest BCUT2D eigenvalue weighted by molar-refractivity contribution is 7.92. The lowest BCUT2D eigenvalue weighted by Gasteiger charge is -2.19. The molecule has 0 saturated heterocycles. The summed E-state index contributed by atoms with van der Waals surface area (Å²) in [5, 5.41) is 0. The van der Waals surface area contributed by atoms with Crippen LogP contribution in [0.3, 0.4) is 0 Å². The van der Waals surface area contributed by atoms with Gasteiger partial charge < -0.3 is 9.29 Å². The summed E-state index contributed by atoms with van der Waals surface area (Å²) < 4.78 is 16.8. The molecule has 1 rings (SSSR count). The van der Waals surface area contributed by atoms with Crippen molar-refractivity contribution in [1.29, 1.82) is 0 Å². The lowest BCUT2D eigenvalue weighted by molar-refractivity contribution is -0.151. The van der Waals surface area contributed by atoms with Crippen molar-refractivity contribution >= 4 is 17.1 Å². The predicted octanol–water partition coefficient (Wildman–Crippen LogP) is 2.14. The van der Waals surface area contributed by atoms with Crippen LogP contribution < -0.4 is 0 Å². The summed E-state index contributed by atoms with van der Waals surface area (Å²) in [6, 6.07) is 8.90. The van der Waals surface area contributed by atoms with Crippen LogP contribution in [0.2, 0.25) is 0 Å². The molecule has 4 heteroatoms. The average molecular weight is 240 g/mol. The number of esters is 1. The third-order valence-electron chi connectivity index (χ3n) is 1.68. The largest absolute Gasteiger partial charge is 0.611 e. The van der Waals surface area contributed by atoms with Crippen molar-refractivity contribution in [3.05, 3.63) is 30.3 Å². The fraction of sp³-hybridized carbons (Fsp3) is 0.417. The van der Waals surface area contributed by atoms with Crippen LogP contribution in [-0.2, 0) is 20.7 Å². The molecule has 1 atom stereocenters. The van der Waals surface area contributed by atoms with Crippen LogP contribution >= 0.6 is 0 Å². The summed E-state index contributed by atoms with van der Waals surface area (Å²) in [6.07, 6.45) is 0. The van der Waals surface area contributed by atoms with Gasteiger partial charge in [0.1, 0.15) is 5.60 Å². The molecule has 0 unspecified atom stereocenters. The van der Waals surface area contributed by atoms with E-state index in [0.29, 0.717) is 4.90 Å². The van der Waals surface area contributed by atoms with E-state index in [0.717, 1.165) is 0 Å². The maximum atomic E-state index is 11.8. The Morgan fingerprint density at radius 3 is 2.38 bits per heavy atom. The Hall–Kier alpha value is -1.00. The van der Waals surface area contributed by atoms with Crippen molar-refractivity contribution < 1.29 is 14.1 Å². The minimum absolute atomic E-state index is 0.0959. The van der Waals surface area contributed by atoms with Gasteiger partial charge in [-0.3, -0.25) is 0 Å². The third kappa shape index (κ3) is 4.68. The molecule has 88 valence electrons. The zero-order valence-electron chi connectivity index (χ0n) is 9.73. The highest BCUT2D eigenvalue weighted by atomic mass is 32.2. The molecule has 0 heterocycles. The molecule has 16 heavy (non-hydrogen) atoms. The minimum Gasteiger partial charge on any atom is -0.611 e. The van der Waals surface area contributed by atoms with Crippen LogP contribution in [0.25, 0.3) is 0 Å². The Morgan fingerprint density at radius 1 is 1.31 bits per heavy atom. The number of hydrogen-bond donors (Lipinski definition) is 0. The molecular formula is C12H16O3S. The van der Waals surface area contributed by atoms with Gasteiger partial charge in [-0.25, -0.2) is 4.79 Å². The molecule has 0 aliphatic carbocycles. The van der Waals surface area contributed by atoms with Crippen LogP contribution in [0.4, 0.5) is 0 Å². The van der Waals surface area contributed by atoms with Gasteiger partial charge in [-0.15, -0.1) is 0 Å². The van der Waals surface area contributed by atoms with Crippen molar-refractivity contribution in [2.24, 2.45) is 0 Å². The number of carbonyl (C=O) groups is 1. The van der Waals surface area contributed by atoms with Crippen LogP contribution in [0, 0.1) is 0 Å². The zero-order valence-corrected chi connectivity index (χ0v) is 10.5. The number of rotatable bonds is 3. The molecular weight excluding hydrogens is 224 g/mol. The first kappa shape index (κ1) is 13.1. The molecule has 0 fully saturated rings. The predicted molar refractivity (Wildman–Crippen MR) is 63.6 cm³/mol. The Bertz CT molecular complexity index is 343. The minimum atomic E-state index is -1.32. The van der Waals surface area contributed by atoms with Crippen LogP contribution in [-0.4, -0.2) is 21.9 Å². The van der Waals surface area contributed by atoms with E-state index in [1.54, 1.807) is 45.0 Å². The summed E-state index contributed by atoms with van der Waals surface area (Å²) in [6.45, 7) is 5.36. The van der Waals surface area contributed by atoms with Gasteiger partial charge in [-0.2, -0.15) is 0 Å². The third-order valence-corrected chi connectivity index (χ3v) is 2.97. The molecule has 0 bridgehead atoms. The van der Waals surface area contributed by atoms with E-state index >= 15 is 0 Å². The molecule has 0 spiro atoms. The second kappa shape index (κ2) is 5.37. The summed E-state index contributed by atoms with van der Waals surface area (Å²) in [4.78, 5) is 12.1. The normalized spacial score (nSPS) is 13.2. The number of ether oxygens (including phenoxy) is 1. The Morgan fingerprint density at radius 2 is 1.88 bits per heavy atom.